The minimum absolute atomic E-state index is 0.0330. The predicted octanol–water partition coefficient (Wildman–Crippen LogP) is 3.30. The van der Waals surface area contributed by atoms with Crippen molar-refractivity contribution in [1.82, 2.24) is 0 Å². The number of nitrogen functional groups attached to an aromatic ring is 2. The first kappa shape index (κ1) is 88.3. The number of nitrogens with two attached hydrogens (primary N) is 2. The molecular weight excluding hydrogens is 2160 g/mol. The van der Waals surface area contributed by atoms with E-state index in [1.165, 1.54) is 28.9 Å². The van der Waals surface area contributed by atoms with Crippen LogP contribution in [0.15, 0.2) is 12.1 Å². The molecule has 0 aliphatic heterocycles. The van der Waals surface area contributed by atoms with E-state index in [9.17, 15) is 0 Å². The normalized spacial score (nSPS) is 11.2. The van der Waals surface area contributed by atoms with Crippen molar-refractivity contribution >= 4 is 558 Å². The molecule has 4 N–H and O–H groups in total. The number of hydrogen-bond donors (Lipinski definition) is 2. The van der Waals surface area contributed by atoms with E-state index in [1.807, 2.05) is 406 Å². The minimum atomic E-state index is 0.0330. The summed E-state index contributed by atoms with van der Waals surface area (Å²) >= 11 is 9.64. The van der Waals surface area contributed by atoms with Gasteiger partial charge in [0.25, 0.3) is 0 Å². The van der Waals surface area contributed by atoms with Crippen molar-refractivity contribution in [3.63, 3.8) is 0 Å². The molecule has 2 nitrogen and oxygen atoms in total. The first-order valence-corrected chi connectivity index (χ1v) is 96.2. The van der Waals surface area contributed by atoms with Gasteiger partial charge in [-0.3, -0.25) is 0 Å². The molecule has 0 unspecified atom stereocenters. The van der Waals surface area contributed by atoms with Gasteiger partial charge >= 0.3 is 0 Å². The minimum Gasteiger partial charge on any atom is -0.397 e. The van der Waals surface area contributed by atoms with Crippen LogP contribution in [-0.4, -0.2) is 0 Å². The van der Waals surface area contributed by atoms with E-state index in [2.05, 4.69) is 47.6 Å². The Balaban J connectivity index is 0.00000149. The van der Waals surface area contributed by atoms with Gasteiger partial charge in [-0.2, -0.15) is 0 Å². The van der Waals surface area contributed by atoms with Crippen molar-refractivity contribution in [3.05, 3.63) is 23.3 Å². The van der Waals surface area contributed by atoms with Gasteiger partial charge in [0.05, 0.1) is 11.4 Å². The van der Waals surface area contributed by atoms with E-state index in [4.69, 9.17) is 33.8 Å². The molecular formula is C15H24N2S61. The van der Waals surface area contributed by atoms with Crippen molar-refractivity contribution in [1.29, 1.82) is 0 Å². The SMILES string of the molecule is CC1(C)c2ccc(N)c(N)c2C(C)(C)C1(C)C.S=S=S=S=S=S=S=S=S=S=S=S=S=S=S=S=S=S=S=S=S=S=S=S=S=S=S=S=S=S=S=S=S=S=S=S=S=S=S=S=S=S=S=S=S=S=S=S=S=S=S=S=S=S=S=S=S=S=S=S=S. The van der Waals surface area contributed by atoms with Crippen LogP contribution in [0.25, 0.3) is 0 Å². The summed E-state index contributed by atoms with van der Waals surface area (Å²) in [7, 11) is 106. The van der Waals surface area contributed by atoms with E-state index in [-0.39, 0.29) is 16.2 Å². The lowest BCUT2D eigenvalue weighted by atomic mass is 9.59. The molecule has 0 heterocycles. The van der Waals surface area contributed by atoms with Crippen LogP contribution >= 0.6 is 0 Å². The van der Waals surface area contributed by atoms with Crippen LogP contribution in [0.3, 0.4) is 0 Å². The van der Waals surface area contributed by atoms with Crippen LogP contribution in [0, 0.1) is 5.41 Å². The lowest BCUT2D eigenvalue weighted by molar-refractivity contribution is 0.125. The molecule has 0 bridgehead atoms. The average molecular weight is 2190 g/mol. The molecule has 0 saturated carbocycles. The summed E-state index contributed by atoms with van der Waals surface area (Å²) in [4.78, 5) is 0. The Morgan fingerprint density at radius 1 is 0.244 bits per heavy atom. The molecule has 78 heavy (non-hydrogen) atoms. The zero-order chi connectivity index (χ0) is 56.9. The topological polar surface area (TPSA) is 52.0 Å². The van der Waals surface area contributed by atoms with Gasteiger partial charge in [-0.25, -0.2) is 0 Å². The Morgan fingerprint density at radius 2 is 0.397 bits per heavy atom. The zero-order valence-corrected chi connectivity index (χ0v) is 86.5. The fourth-order valence-corrected chi connectivity index (χ4v) is 160. The monoisotopic (exact) mass is 2180 g/mol. The Labute approximate surface area is 632 Å². The largest absolute Gasteiger partial charge is 0.397 e. The van der Waals surface area contributed by atoms with Crippen LogP contribution in [0.4, 0.5) is 11.4 Å². The summed E-state index contributed by atoms with van der Waals surface area (Å²) in [5.74, 6) is 0. The molecule has 0 amide bonds. The molecule has 1 aromatic rings. The second-order valence-electron chi connectivity index (χ2n) is 10.9. The van der Waals surface area contributed by atoms with Crippen molar-refractivity contribution in [2.24, 2.45) is 5.41 Å². The van der Waals surface area contributed by atoms with Crippen molar-refractivity contribution < 1.29 is 0 Å². The summed E-state index contributed by atoms with van der Waals surface area (Å²) in [6.45, 7) is 13.8. The Bertz CT molecular complexity index is 5030. The maximum absolute atomic E-state index is 6.23. The molecule has 1 aliphatic rings. The van der Waals surface area contributed by atoms with Gasteiger partial charge in [-0.1, -0.05) is 47.6 Å². The zero-order valence-electron chi connectivity index (χ0n) is 36.7. The average Bonchev–Trinajstić information content (AvgIpc) is 3.78. The molecule has 0 atom stereocenters. The van der Waals surface area contributed by atoms with E-state index < -0.39 is 0 Å². The van der Waals surface area contributed by atoms with E-state index in [1.54, 1.807) is 107 Å². The second-order valence-corrected chi connectivity index (χ2v) is 115. The number of benzene rings is 1. The third-order valence-electron chi connectivity index (χ3n) is 7.31. The third-order valence-corrected chi connectivity index (χ3v) is 136. The van der Waals surface area contributed by atoms with E-state index >= 15 is 0 Å². The summed E-state index contributed by atoms with van der Waals surface area (Å²) in [6.07, 6.45) is 0. The van der Waals surface area contributed by atoms with Gasteiger partial charge in [0, 0.05) is 546 Å². The molecule has 0 aromatic heterocycles. The highest BCUT2D eigenvalue weighted by molar-refractivity contribution is 8.83. The van der Waals surface area contributed by atoms with Crippen LogP contribution < -0.4 is 11.5 Å². The highest BCUT2D eigenvalue weighted by Gasteiger charge is 2.57. The fraction of sp³-hybridized carbons (Fsp3) is 0.600. The lowest BCUT2D eigenvalue weighted by Crippen LogP contribution is -2.42. The standard InChI is InChI=1S/C15H24N2.S61/c1-13(2)9-7-8-10(16)12(17)11(9)14(3,4)15(13,5)6;1-3-5-7-9-11-13-15-17-19-21-23-25-27-29-31-33-35-37-39-41-43-45-47-49-51-53-55-57-59-61-60-58-56-54-52-50-48-46-44-42-40-38-36-34-32-30-28-26-24-22-20-18-16-14-12-10-8-6-4-2/h7-8H,16-17H2,1-6H3;. The summed E-state index contributed by atoms with van der Waals surface area (Å²) in [5, 5.41) is 0. The van der Waals surface area contributed by atoms with Gasteiger partial charge in [0.15, 0.2) is 0 Å². The predicted molar refractivity (Wildman–Crippen MR) is 524 cm³/mol. The molecule has 0 saturated heterocycles. The van der Waals surface area contributed by atoms with Crippen LogP contribution in [0.1, 0.15) is 52.7 Å². The van der Waals surface area contributed by atoms with Gasteiger partial charge in [0.2, 0.25) is 0 Å². The van der Waals surface area contributed by atoms with Gasteiger partial charge in [-0.15, -0.1) is 0 Å². The number of hydrogen-bond acceptors (Lipinski definition) is 4. The smallest absolute Gasteiger partial charge is 0.0589 e. The molecule has 2 rings (SSSR count). The number of fused-ring (bicyclic) bond motifs is 1. The van der Waals surface area contributed by atoms with Gasteiger partial charge < -0.3 is 11.5 Å². The first-order chi connectivity index (χ1) is 38.0. The van der Waals surface area contributed by atoms with Gasteiger partial charge in [0.1, 0.15) is 0 Å². The quantitative estimate of drug-likeness (QED) is 0.393. The fourth-order valence-electron chi connectivity index (χ4n) is 3.91. The maximum atomic E-state index is 6.23. The molecule has 0 spiro atoms. The van der Waals surface area contributed by atoms with Crippen molar-refractivity contribution in [3.8, 4) is 0 Å². The molecule has 460 valence electrons. The highest BCUT2D eigenvalue weighted by atomic mass is 33.5. The number of anilines is 2. The summed E-state index contributed by atoms with van der Waals surface area (Å²) < 4.78 is 0. The Kier molecular flexibility index (Phi) is 73.8. The second kappa shape index (κ2) is 65.2. The van der Waals surface area contributed by atoms with Crippen molar-refractivity contribution in [2.75, 3.05) is 11.5 Å². The molecule has 1 aliphatic carbocycles. The van der Waals surface area contributed by atoms with Crippen LogP contribution in [0.5, 0.6) is 0 Å². The lowest BCUT2D eigenvalue weighted by Gasteiger charge is -2.44. The molecule has 0 radical (unpaired) electrons. The summed E-state index contributed by atoms with van der Waals surface area (Å²) in [6, 6.07) is 4.09. The van der Waals surface area contributed by atoms with E-state index in [0.29, 0.717) is 5.69 Å². The van der Waals surface area contributed by atoms with Crippen molar-refractivity contribution in [2.45, 2.75) is 52.4 Å². The molecule has 63 heteroatoms. The first-order valence-electron chi connectivity index (χ1n) is 16.2. The van der Waals surface area contributed by atoms with Crippen LogP contribution in [-0.2, 0) is 557 Å². The number of rotatable bonds is 0. The highest BCUT2D eigenvalue weighted by Crippen LogP contribution is 2.63. The molecule has 0 fully saturated rings. The third kappa shape index (κ3) is 48.9. The van der Waals surface area contributed by atoms with Gasteiger partial charge in [-0.05, 0) is 33.4 Å². The summed E-state index contributed by atoms with van der Waals surface area (Å²) in [5.41, 5.74) is 16.5. The van der Waals surface area contributed by atoms with Crippen LogP contribution in [0.2, 0.25) is 0 Å². The molecule has 1 aromatic carbocycles. The maximum Gasteiger partial charge on any atom is 0.0589 e. The Morgan fingerprint density at radius 3 is 0.551 bits per heavy atom. The van der Waals surface area contributed by atoms with E-state index in [0.717, 1.165) is 5.69 Å². The Hall–Kier alpha value is 12.2.